The van der Waals surface area contributed by atoms with Gasteiger partial charge in [0, 0.05) is 25.2 Å². The molecule has 0 aliphatic carbocycles. The maximum absolute atomic E-state index is 12.9. The monoisotopic (exact) mass is 471 g/mol. The number of aryl methyl sites for hydroxylation is 1. The number of amides is 1. The van der Waals surface area contributed by atoms with Crippen LogP contribution < -0.4 is 4.80 Å². The predicted octanol–water partition coefficient (Wildman–Crippen LogP) is 4.75. The first-order valence-electron chi connectivity index (χ1n) is 10.7. The Balaban J connectivity index is 1.95. The number of para-hydroxylation sites is 1. The van der Waals surface area contributed by atoms with Crippen LogP contribution in [0.25, 0.3) is 10.2 Å². The third-order valence-electron chi connectivity index (χ3n) is 5.26. The Morgan fingerprint density at radius 1 is 1.19 bits per heavy atom. The summed E-state index contributed by atoms with van der Waals surface area (Å²) in [5.74, 6) is -0.408. The predicted molar refractivity (Wildman–Crippen MR) is 130 cm³/mol. The van der Waals surface area contributed by atoms with Gasteiger partial charge in [-0.1, -0.05) is 49.8 Å². The number of thiazole rings is 1. The fraction of sp³-hybridized carbons (Fsp3) is 0.333. The van der Waals surface area contributed by atoms with E-state index in [0.29, 0.717) is 30.0 Å². The molecule has 0 radical (unpaired) electrons. The first-order valence-corrected chi connectivity index (χ1v) is 13.0. The number of hydrogen-bond acceptors (Lipinski definition) is 4. The van der Waals surface area contributed by atoms with Crippen LogP contribution in [-0.4, -0.2) is 36.3 Å². The summed E-state index contributed by atoms with van der Waals surface area (Å²) in [7, 11) is -3.58. The number of rotatable bonds is 9. The molecule has 1 amide bonds. The zero-order valence-corrected chi connectivity index (χ0v) is 20.4. The summed E-state index contributed by atoms with van der Waals surface area (Å²) in [5.41, 5.74) is 2.49. The standard InChI is InChI=1S/C24H29N3O3S2/c1-5-8-17-26(7-3)32(29,30)20-14-12-19(13-15-20)23(28)25-24-27(16-6-2)22-18(4)10-9-11-21(22)31-24/h6,9-15H,2,5,7-8,16-17H2,1,3-4H3. The molecule has 3 rings (SSSR count). The van der Waals surface area contributed by atoms with E-state index >= 15 is 0 Å². The summed E-state index contributed by atoms with van der Waals surface area (Å²) in [5, 5.41) is 0. The van der Waals surface area contributed by atoms with E-state index < -0.39 is 15.9 Å². The summed E-state index contributed by atoms with van der Waals surface area (Å²) in [4.78, 5) is 18.0. The molecule has 2 aromatic carbocycles. The number of hydrogen-bond donors (Lipinski definition) is 0. The molecule has 8 heteroatoms. The first-order chi connectivity index (χ1) is 15.3. The smallest absolute Gasteiger partial charge is 0.279 e. The Morgan fingerprint density at radius 2 is 1.91 bits per heavy atom. The minimum absolute atomic E-state index is 0.186. The number of carbonyl (C=O) groups is 1. The normalized spacial score (nSPS) is 12.6. The van der Waals surface area contributed by atoms with E-state index in [9.17, 15) is 13.2 Å². The van der Waals surface area contributed by atoms with Crippen LogP contribution in [0.4, 0.5) is 0 Å². The molecule has 1 heterocycles. The van der Waals surface area contributed by atoms with Crippen LogP contribution in [0.3, 0.4) is 0 Å². The summed E-state index contributed by atoms with van der Waals surface area (Å²) < 4.78 is 30.3. The Kier molecular flexibility index (Phi) is 7.82. The van der Waals surface area contributed by atoms with E-state index in [4.69, 9.17) is 0 Å². The Labute approximate surface area is 193 Å². The van der Waals surface area contributed by atoms with Gasteiger partial charge in [0.2, 0.25) is 10.0 Å². The zero-order chi connectivity index (χ0) is 23.3. The van der Waals surface area contributed by atoms with Gasteiger partial charge in [0.1, 0.15) is 0 Å². The lowest BCUT2D eigenvalue weighted by Crippen LogP contribution is -2.31. The third-order valence-corrected chi connectivity index (χ3v) is 8.30. The molecule has 1 aromatic heterocycles. The summed E-state index contributed by atoms with van der Waals surface area (Å²) >= 11 is 1.45. The Hall–Kier alpha value is -2.55. The maximum Gasteiger partial charge on any atom is 0.279 e. The molecule has 0 unspecified atom stereocenters. The van der Waals surface area contributed by atoms with E-state index in [1.807, 2.05) is 43.5 Å². The highest BCUT2D eigenvalue weighted by Gasteiger charge is 2.22. The minimum Gasteiger partial charge on any atom is -0.312 e. The van der Waals surface area contributed by atoms with E-state index in [1.165, 1.54) is 39.9 Å². The van der Waals surface area contributed by atoms with Crippen LogP contribution in [0.5, 0.6) is 0 Å². The second-order valence-corrected chi connectivity index (χ2v) is 10.4. The molecular formula is C24H29N3O3S2. The van der Waals surface area contributed by atoms with Crippen LogP contribution in [0.2, 0.25) is 0 Å². The summed E-state index contributed by atoms with van der Waals surface area (Å²) in [6.45, 7) is 11.1. The molecule has 0 spiro atoms. The van der Waals surface area contributed by atoms with Crippen molar-refractivity contribution in [1.82, 2.24) is 8.87 Å². The van der Waals surface area contributed by atoms with Gasteiger partial charge in [0.05, 0.1) is 15.1 Å². The highest BCUT2D eigenvalue weighted by Crippen LogP contribution is 2.21. The molecule has 6 nitrogen and oxygen atoms in total. The lowest BCUT2D eigenvalue weighted by atomic mass is 10.2. The molecular weight excluding hydrogens is 442 g/mol. The van der Waals surface area contributed by atoms with Crippen LogP contribution in [0.1, 0.15) is 42.6 Å². The van der Waals surface area contributed by atoms with Crippen molar-refractivity contribution >= 4 is 37.5 Å². The van der Waals surface area contributed by atoms with Crippen molar-refractivity contribution in [2.45, 2.75) is 45.1 Å². The molecule has 0 saturated carbocycles. The Morgan fingerprint density at radius 3 is 2.53 bits per heavy atom. The van der Waals surface area contributed by atoms with Crippen LogP contribution in [0.15, 0.2) is 65.0 Å². The van der Waals surface area contributed by atoms with Crippen molar-refractivity contribution in [3.8, 4) is 0 Å². The second-order valence-electron chi connectivity index (χ2n) is 7.50. The van der Waals surface area contributed by atoms with Gasteiger partial charge >= 0.3 is 0 Å². The van der Waals surface area contributed by atoms with Gasteiger partial charge in [0.15, 0.2) is 4.80 Å². The molecule has 0 N–H and O–H groups in total. The highest BCUT2D eigenvalue weighted by molar-refractivity contribution is 7.89. The average molecular weight is 472 g/mol. The molecule has 0 fully saturated rings. The molecule has 32 heavy (non-hydrogen) atoms. The van der Waals surface area contributed by atoms with Gasteiger partial charge in [-0.2, -0.15) is 9.30 Å². The lowest BCUT2D eigenvalue weighted by Gasteiger charge is -2.20. The number of aromatic nitrogens is 1. The number of allylic oxidation sites excluding steroid dienone is 1. The second kappa shape index (κ2) is 10.4. The molecule has 0 bridgehead atoms. The number of fused-ring (bicyclic) bond motifs is 1. The molecule has 170 valence electrons. The molecule has 0 aliphatic rings. The molecule has 0 aliphatic heterocycles. The van der Waals surface area contributed by atoms with Crippen LogP contribution in [0, 0.1) is 6.92 Å². The maximum atomic E-state index is 12.9. The number of nitrogens with zero attached hydrogens (tertiary/aromatic N) is 3. The van der Waals surface area contributed by atoms with Crippen molar-refractivity contribution in [3.63, 3.8) is 0 Å². The first kappa shape index (κ1) is 24.1. The molecule has 3 aromatic rings. The lowest BCUT2D eigenvalue weighted by molar-refractivity contribution is 0.0997. The molecule has 0 saturated heterocycles. The van der Waals surface area contributed by atoms with Crippen molar-refractivity contribution in [3.05, 3.63) is 71.0 Å². The van der Waals surface area contributed by atoms with Gasteiger partial charge in [0.25, 0.3) is 5.91 Å². The third kappa shape index (κ3) is 4.92. The van der Waals surface area contributed by atoms with Crippen molar-refractivity contribution in [2.75, 3.05) is 13.1 Å². The van der Waals surface area contributed by atoms with Crippen LogP contribution >= 0.6 is 11.3 Å². The SMILES string of the molecule is C=CCn1c(=NC(=O)c2ccc(S(=O)(=O)N(CC)CCCC)cc2)sc2cccc(C)c21. The fourth-order valence-electron chi connectivity index (χ4n) is 3.54. The number of carbonyl (C=O) groups excluding carboxylic acids is 1. The van der Waals surface area contributed by atoms with E-state index in [1.54, 1.807) is 6.08 Å². The largest absolute Gasteiger partial charge is 0.312 e. The van der Waals surface area contributed by atoms with Crippen molar-refractivity contribution < 1.29 is 13.2 Å². The van der Waals surface area contributed by atoms with E-state index in [2.05, 4.69) is 11.6 Å². The highest BCUT2D eigenvalue weighted by atomic mass is 32.2. The van der Waals surface area contributed by atoms with Crippen molar-refractivity contribution in [2.24, 2.45) is 4.99 Å². The fourth-order valence-corrected chi connectivity index (χ4v) is 6.15. The number of unbranched alkanes of at least 4 members (excludes halogenated alkanes) is 1. The minimum atomic E-state index is -3.58. The van der Waals surface area contributed by atoms with Crippen molar-refractivity contribution in [1.29, 1.82) is 0 Å². The number of sulfonamides is 1. The number of benzene rings is 2. The topological polar surface area (TPSA) is 71.7 Å². The van der Waals surface area contributed by atoms with Gasteiger partial charge in [-0.05, 0) is 49.2 Å². The summed E-state index contributed by atoms with van der Waals surface area (Å²) in [6.07, 6.45) is 3.51. The Bertz CT molecular complexity index is 1290. The van der Waals surface area contributed by atoms with Gasteiger partial charge in [-0.15, -0.1) is 6.58 Å². The van der Waals surface area contributed by atoms with Gasteiger partial charge < -0.3 is 4.57 Å². The summed E-state index contributed by atoms with van der Waals surface area (Å²) in [6, 6.07) is 12.1. The molecule has 0 atom stereocenters. The van der Waals surface area contributed by atoms with Crippen LogP contribution in [-0.2, 0) is 16.6 Å². The average Bonchev–Trinajstić information content (AvgIpc) is 3.12. The van der Waals surface area contributed by atoms with E-state index in [-0.39, 0.29) is 4.90 Å². The van der Waals surface area contributed by atoms with Gasteiger partial charge in [-0.25, -0.2) is 8.42 Å². The zero-order valence-electron chi connectivity index (χ0n) is 18.7. The van der Waals surface area contributed by atoms with Gasteiger partial charge in [-0.3, -0.25) is 4.79 Å². The van der Waals surface area contributed by atoms with E-state index in [0.717, 1.165) is 28.6 Å². The quantitative estimate of drug-likeness (QED) is 0.423.